The molecule has 7 nitrogen and oxygen atoms in total. The van der Waals surface area contributed by atoms with Crippen LogP contribution in [0.15, 0.2) is 27.5 Å². The summed E-state index contributed by atoms with van der Waals surface area (Å²) in [6.45, 7) is 3.59. The zero-order valence-corrected chi connectivity index (χ0v) is 13.4. The van der Waals surface area contributed by atoms with Gasteiger partial charge >= 0.3 is 6.16 Å². The first-order valence-corrected chi connectivity index (χ1v) is 7.35. The third kappa shape index (κ3) is 2.35. The van der Waals surface area contributed by atoms with Gasteiger partial charge in [0.1, 0.15) is 0 Å². The largest absolute Gasteiger partial charge is 0.515 e. The molecule has 8 heteroatoms. The molecule has 0 aliphatic carbocycles. The van der Waals surface area contributed by atoms with E-state index in [1.807, 2.05) is 12.1 Å². The number of aryl methyl sites for hydroxylation is 1. The van der Waals surface area contributed by atoms with Crippen molar-refractivity contribution in [3.05, 3.63) is 38.7 Å². The summed E-state index contributed by atoms with van der Waals surface area (Å²) in [5.41, 5.74) is 1.73. The Kier molecular flexibility index (Phi) is 3.61. The summed E-state index contributed by atoms with van der Waals surface area (Å²) in [6.07, 6.45) is -0.850. The van der Waals surface area contributed by atoms with E-state index in [0.29, 0.717) is 11.2 Å². The molecule has 0 aliphatic rings. The smallest absolute Gasteiger partial charge is 0.434 e. The number of carbonyl (C=O) groups is 1. The number of hydrogen-bond donors (Lipinski definition) is 1. The molecule has 2 heterocycles. The van der Waals surface area contributed by atoms with Crippen molar-refractivity contribution >= 4 is 38.8 Å². The summed E-state index contributed by atoms with van der Waals surface area (Å²) in [5.74, 6) is 0.0550. The van der Waals surface area contributed by atoms with E-state index in [-0.39, 0.29) is 23.7 Å². The van der Waals surface area contributed by atoms with Crippen LogP contribution in [0, 0.1) is 6.92 Å². The fraction of sp³-hybridized carbons (Fsp3) is 0.214. The van der Waals surface area contributed by atoms with Crippen molar-refractivity contribution in [2.75, 3.05) is 6.61 Å². The van der Waals surface area contributed by atoms with Crippen LogP contribution in [0.3, 0.4) is 0 Å². The number of fused-ring (bicyclic) bond motifs is 3. The Morgan fingerprint density at radius 3 is 2.95 bits per heavy atom. The van der Waals surface area contributed by atoms with Crippen LogP contribution < -0.4 is 10.3 Å². The van der Waals surface area contributed by atoms with Crippen molar-refractivity contribution in [1.82, 2.24) is 14.4 Å². The van der Waals surface area contributed by atoms with Crippen molar-refractivity contribution in [3.8, 4) is 5.88 Å². The van der Waals surface area contributed by atoms with Crippen molar-refractivity contribution in [3.63, 3.8) is 0 Å². The second-order valence-corrected chi connectivity index (χ2v) is 5.48. The first kappa shape index (κ1) is 14.6. The van der Waals surface area contributed by atoms with Crippen LogP contribution >= 0.6 is 15.9 Å². The quantitative estimate of drug-likeness (QED) is 0.705. The summed E-state index contributed by atoms with van der Waals surface area (Å²) in [7, 11) is 0. The molecule has 0 unspecified atom stereocenters. The van der Waals surface area contributed by atoms with Crippen molar-refractivity contribution in [1.29, 1.82) is 0 Å². The van der Waals surface area contributed by atoms with Gasteiger partial charge in [0.05, 0.1) is 23.3 Å². The lowest BCUT2D eigenvalue weighted by molar-refractivity contribution is 0.102. The minimum atomic E-state index is -0.850. The van der Waals surface area contributed by atoms with Crippen LogP contribution in [-0.4, -0.2) is 27.1 Å². The van der Waals surface area contributed by atoms with Gasteiger partial charge in [0.2, 0.25) is 11.5 Å². The van der Waals surface area contributed by atoms with Gasteiger partial charge in [0.25, 0.3) is 5.56 Å². The maximum Gasteiger partial charge on any atom is 0.515 e. The Labute approximate surface area is 133 Å². The van der Waals surface area contributed by atoms with Crippen LogP contribution in [0.1, 0.15) is 12.6 Å². The van der Waals surface area contributed by atoms with Crippen molar-refractivity contribution < 1.29 is 14.3 Å². The van der Waals surface area contributed by atoms with E-state index in [2.05, 4.69) is 25.9 Å². The van der Waals surface area contributed by atoms with Gasteiger partial charge in [-0.25, -0.2) is 4.79 Å². The number of nitrogens with one attached hydrogen (secondary N) is 1. The number of nitrogens with zero attached hydrogens (tertiary/aromatic N) is 2. The number of halogens is 1. The van der Waals surface area contributed by atoms with Crippen LogP contribution in [-0.2, 0) is 4.74 Å². The molecule has 0 saturated carbocycles. The molecule has 1 N–H and O–H groups in total. The zero-order valence-electron chi connectivity index (χ0n) is 11.8. The number of hydrogen-bond acceptors (Lipinski definition) is 5. The maximum atomic E-state index is 12.2. The number of aromatic amines is 1. The second kappa shape index (κ2) is 5.45. The molecule has 0 aliphatic heterocycles. The van der Waals surface area contributed by atoms with E-state index in [1.165, 1.54) is 0 Å². The van der Waals surface area contributed by atoms with Gasteiger partial charge in [0.15, 0.2) is 0 Å². The Morgan fingerprint density at radius 1 is 1.45 bits per heavy atom. The lowest BCUT2D eigenvalue weighted by Gasteiger charge is -2.04. The molecule has 114 valence electrons. The average Bonchev–Trinajstić information content (AvgIpc) is 2.77. The van der Waals surface area contributed by atoms with Crippen LogP contribution in [0.4, 0.5) is 4.79 Å². The standard InChI is InChI=1S/C14H12BrN3O4/c1-3-21-14(20)22-13-7(2)18-10-5-4-8(15)6-9(10)16-12(19)11(18)17-13/h4-6H,3H2,1-2H3,(H,16,19). The molecule has 22 heavy (non-hydrogen) atoms. The number of ether oxygens (including phenoxy) is 2. The highest BCUT2D eigenvalue weighted by Crippen LogP contribution is 2.23. The third-order valence-corrected chi connectivity index (χ3v) is 3.65. The molecule has 3 rings (SSSR count). The molecule has 2 aromatic heterocycles. The summed E-state index contributed by atoms with van der Waals surface area (Å²) in [5, 5.41) is 0. The predicted octanol–water partition coefficient (Wildman–Crippen LogP) is 2.78. The monoisotopic (exact) mass is 365 g/mol. The van der Waals surface area contributed by atoms with Crippen molar-refractivity contribution in [2.24, 2.45) is 0 Å². The number of rotatable bonds is 2. The van der Waals surface area contributed by atoms with E-state index in [0.717, 1.165) is 9.99 Å². The first-order chi connectivity index (χ1) is 10.5. The van der Waals surface area contributed by atoms with E-state index in [9.17, 15) is 9.59 Å². The highest BCUT2D eigenvalue weighted by atomic mass is 79.9. The second-order valence-electron chi connectivity index (χ2n) is 4.56. The molecule has 0 amide bonds. The van der Waals surface area contributed by atoms with Crippen LogP contribution in [0.2, 0.25) is 0 Å². The summed E-state index contributed by atoms with van der Waals surface area (Å²) < 4.78 is 12.3. The van der Waals surface area contributed by atoms with Gasteiger partial charge in [-0.1, -0.05) is 15.9 Å². The Morgan fingerprint density at radius 2 is 2.23 bits per heavy atom. The molecule has 3 aromatic rings. The molecule has 0 atom stereocenters. The van der Waals surface area contributed by atoms with Gasteiger partial charge in [-0.05, 0) is 32.0 Å². The van der Waals surface area contributed by atoms with Crippen LogP contribution in [0.5, 0.6) is 5.88 Å². The molecule has 0 bridgehead atoms. The van der Waals surface area contributed by atoms with Gasteiger partial charge < -0.3 is 14.5 Å². The minimum absolute atomic E-state index is 0.0550. The molecular formula is C14H12BrN3O4. The summed E-state index contributed by atoms with van der Waals surface area (Å²) in [6, 6.07) is 5.48. The van der Waals surface area contributed by atoms with Crippen molar-refractivity contribution in [2.45, 2.75) is 13.8 Å². The number of benzene rings is 1. The van der Waals surface area contributed by atoms with Gasteiger partial charge in [0, 0.05) is 4.47 Å². The predicted molar refractivity (Wildman–Crippen MR) is 83.4 cm³/mol. The number of carbonyl (C=O) groups excluding carboxylic acids is 1. The van der Waals surface area contributed by atoms with E-state index >= 15 is 0 Å². The number of H-pyrrole nitrogens is 1. The lowest BCUT2D eigenvalue weighted by Crippen LogP contribution is -2.11. The number of imidazole rings is 1. The Balaban J connectivity index is 2.25. The van der Waals surface area contributed by atoms with E-state index in [4.69, 9.17) is 9.47 Å². The first-order valence-electron chi connectivity index (χ1n) is 6.56. The lowest BCUT2D eigenvalue weighted by atomic mass is 10.3. The third-order valence-electron chi connectivity index (χ3n) is 3.16. The summed E-state index contributed by atoms with van der Waals surface area (Å²) in [4.78, 5) is 30.4. The number of aromatic nitrogens is 3. The fourth-order valence-electron chi connectivity index (χ4n) is 2.23. The Hall–Kier alpha value is -2.35. The van der Waals surface area contributed by atoms with E-state index in [1.54, 1.807) is 24.3 Å². The van der Waals surface area contributed by atoms with E-state index < -0.39 is 6.16 Å². The molecular weight excluding hydrogens is 354 g/mol. The average molecular weight is 366 g/mol. The summed E-state index contributed by atoms with van der Waals surface area (Å²) >= 11 is 3.36. The van der Waals surface area contributed by atoms with Gasteiger partial charge in [-0.15, -0.1) is 0 Å². The highest BCUT2D eigenvalue weighted by molar-refractivity contribution is 9.10. The SMILES string of the molecule is CCOC(=O)Oc1nc2c(=O)[nH]c3cc(Br)ccc3n2c1C. The zero-order chi connectivity index (χ0) is 15.9. The molecule has 1 aromatic carbocycles. The van der Waals surface area contributed by atoms with Crippen LogP contribution in [0.25, 0.3) is 16.7 Å². The minimum Gasteiger partial charge on any atom is -0.434 e. The molecule has 0 spiro atoms. The van der Waals surface area contributed by atoms with Gasteiger partial charge in [-0.3, -0.25) is 9.20 Å². The highest BCUT2D eigenvalue weighted by Gasteiger charge is 2.18. The fourth-order valence-corrected chi connectivity index (χ4v) is 2.59. The maximum absolute atomic E-state index is 12.2. The molecule has 0 fully saturated rings. The Bertz CT molecular complexity index is 945. The van der Waals surface area contributed by atoms with Gasteiger partial charge in [-0.2, -0.15) is 4.98 Å². The normalized spacial score (nSPS) is 11.0. The molecule has 0 radical (unpaired) electrons. The molecule has 0 saturated heterocycles. The topological polar surface area (TPSA) is 85.7 Å².